The number of hydrogen-bond donors (Lipinski definition) is 1. The van der Waals surface area contributed by atoms with Crippen molar-refractivity contribution in [3.05, 3.63) is 15.8 Å². The number of anilines is 1. The van der Waals surface area contributed by atoms with E-state index in [9.17, 15) is 4.79 Å². The molecule has 0 aliphatic rings. The Morgan fingerprint density at radius 2 is 2.38 bits per heavy atom. The molecule has 1 aromatic heterocycles. The van der Waals surface area contributed by atoms with Crippen LogP contribution in [0.5, 0.6) is 0 Å². The van der Waals surface area contributed by atoms with Gasteiger partial charge >= 0.3 is 0 Å². The van der Waals surface area contributed by atoms with Gasteiger partial charge in [0.1, 0.15) is 5.88 Å². The van der Waals surface area contributed by atoms with Crippen molar-refractivity contribution in [2.45, 2.75) is 20.3 Å². The Hall–Kier alpha value is -0.540. The Kier molecular flexibility index (Phi) is 3.75. The number of amides is 1. The summed E-state index contributed by atoms with van der Waals surface area (Å²) in [4.78, 5) is 12.2. The lowest BCUT2D eigenvalue weighted by molar-refractivity contribution is -0.113. The highest BCUT2D eigenvalue weighted by Gasteiger charge is 2.09. The van der Waals surface area contributed by atoms with E-state index in [1.807, 2.05) is 6.92 Å². The Balaban J connectivity index is 2.85. The molecule has 0 fully saturated rings. The molecule has 0 unspecified atom stereocenters. The van der Waals surface area contributed by atoms with Crippen molar-refractivity contribution in [1.82, 2.24) is 0 Å². The third kappa shape index (κ3) is 2.45. The van der Waals surface area contributed by atoms with Crippen molar-refractivity contribution < 1.29 is 4.79 Å². The zero-order chi connectivity index (χ0) is 9.84. The largest absolute Gasteiger partial charge is 0.324 e. The zero-order valence-corrected chi connectivity index (χ0v) is 9.26. The Bertz CT molecular complexity index is 309. The van der Waals surface area contributed by atoms with E-state index in [0.717, 1.165) is 17.0 Å². The van der Waals surface area contributed by atoms with Gasteiger partial charge in [-0.05, 0) is 24.3 Å². The van der Waals surface area contributed by atoms with Gasteiger partial charge in [0.05, 0.1) is 5.69 Å². The molecular formula is C9H12ClNOS. The van der Waals surface area contributed by atoms with Crippen LogP contribution in [0.4, 0.5) is 5.69 Å². The average molecular weight is 218 g/mol. The zero-order valence-electron chi connectivity index (χ0n) is 7.69. The van der Waals surface area contributed by atoms with Gasteiger partial charge in [-0.3, -0.25) is 4.79 Å². The average Bonchev–Trinajstić information content (AvgIpc) is 2.48. The second-order valence-electron chi connectivity index (χ2n) is 2.73. The van der Waals surface area contributed by atoms with Crippen LogP contribution in [0.15, 0.2) is 5.38 Å². The fraction of sp³-hybridized carbons (Fsp3) is 0.444. The van der Waals surface area contributed by atoms with Gasteiger partial charge in [-0.25, -0.2) is 0 Å². The van der Waals surface area contributed by atoms with Crippen molar-refractivity contribution in [2.24, 2.45) is 0 Å². The topological polar surface area (TPSA) is 29.1 Å². The lowest BCUT2D eigenvalue weighted by Crippen LogP contribution is -2.13. The second-order valence-corrected chi connectivity index (χ2v) is 4.08. The van der Waals surface area contributed by atoms with Crippen LogP contribution in [0.1, 0.15) is 17.4 Å². The standard InChI is InChI=1S/C9H12ClNOS/c1-3-7-5-13-6(2)9(7)11-8(12)4-10/h5H,3-4H2,1-2H3,(H,11,12). The highest BCUT2D eigenvalue weighted by molar-refractivity contribution is 7.10. The molecule has 1 heterocycles. The monoisotopic (exact) mass is 217 g/mol. The van der Waals surface area contributed by atoms with Crippen LogP contribution in [0.3, 0.4) is 0 Å². The normalized spacial score (nSPS) is 10.1. The molecule has 0 radical (unpaired) electrons. The van der Waals surface area contributed by atoms with E-state index in [1.165, 1.54) is 5.56 Å². The van der Waals surface area contributed by atoms with Crippen LogP contribution >= 0.6 is 22.9 Å². The van der Waals surface area contributed by atoms with Gasteiger partial charge in [0.15, 0.2) is 0 Å². The molecule has 1 rings (SSSR count). The summed E-state index contributed by atoms with van der Waals surface area (Å²) in [5.74, 6) is -0.129. The Morgan fingerprint density at radius 1 is 1.69 bits per heavy atom. The molecule has 0 aromatic carbocycles. The second kappa shape index (κ2) is 4.63. The maximum atomic E-state index is 11.1. The molecule has 0 aliphatic heterocycles. The fourth-order valence-corrected chi connectivity index (χ4v) is 2.08. The maximum absolute atomic E-state index is 11.1. The van der Waals surface area contributed by atoms with E-state index in [-0.39, 0.29) is 11.8 Å². The summed E-state index contributed by atoms with van der Waals surface area (Å²) in [5.41, 5.74) is 2.12. The highest BCUT2D eigenvalue weighted by Crippen LogP contribution is 2.27. The minimum atomic E-state index is -0.141. The molecule has 72 valence electrons. The van der Waals surface area contributed by atoms with Gasteiger partial charge in [0.25, 0.3) is 0 Å². The summed E-state index contributed by atoms with van der Waals surface area (Å²) in [6.07, 6.45) is 0.933. The third-order valence-corrected chi connectivity index (χ3v) is 3.02. The van der Waals surface area contributed by atoms with E-state index in [1.54, 1.807) is 11.3 Å². The summed E-state index contributed by atoms with van der Waals surface area (Å²) in [5, 5.41) is 4.87. The van der Waals surface area contributed by atoms with Crippen LogP contribution in [0.2, 0.25) is 0 Å². The summed E-state index contributed by atoms with van der Waals surface area (Å²) < 4.78 is 0. The molecule has 0 aliphatic carbocycles. The van der Waals surface area contributed by atoms with Crippen molar-refractivity contribution >= 4 is 34.5 Å². The van der Waals surface area contributed by atoms with Crippen molar-refractivity contribution in [2.75, 3.05) is 11.2 Å². The van der Waals surface area contributed by atoms with E-state index in [4.69, 9.17) is 11.6 Å². The number of rotatable bonds is 3. The van der Waals surface area contributed by atoms with Gasteiger partial charge < -0.3 is 5.32 Å². The van der Waals surface area contributed by atoms with Gasteiger partial charge in [-0.1, -0.05) is 6.92 Å². The minimum absolute atomic E-state index is 0.0123. The first-order chi connectivity index (χ1) is 6.19. The molecule has 1 N–H and O–H groups in total. The van der Waals surface area contributed by atoms with Crippen LogP contribution in [0.25, 0.3) is 0 Å². The van der Waals surface area contributed by atoms with E-state index < -0.39 is 0 Å². The molecule has 0 spiro atoms. The summed E-state index contributed by atoms with van der Waals surface area (Å²) >= 11 is 7.06. The Labute approximate surface area is 86.9 Å². The molecule has 1 amide bonds. The first-order valence-electron chi connectivity index (χ1n) is 4.11. The molecule has 13 heavy (non-hydrogen) atoms. The quantitative estimate of drug-likeness (QED) is 0.776. The van der Waals surface area contributed by atoms with Gasteiger partial charge in [0, 0.05) is 4.88 Å². The fourth-order valence-electron chi connectivity index (χ4n) is 1.10. The lowest BCUT2D eigenvalue weighted by atomic mass is 10.2. The summed E-state index contributed by atoms with van der Waals surface area (Å²) in [6, 6.07) is 0. The minimum Gasteiger partial charge on any atom is -0.324 e. The van der Waals surface area contributed by atoms with Crippen LogP contribution in [-0.2, 0) is 11.2 Å². The number of carbonyl (C=O) groups is 1. The molecule has 0 saturated heterocycles. The first-order valence-corrected chi connectivity index (χ1v) is 5.53. The summed E-state index contributed by atoms with van der Waals surface area (Å²) in [7, 11) is 0. The maximum Gasteiger partial charge on any atom is 0.239 e. The SMILES string of the molecule is CCc1csc(C)c1NC(=O)CCl. The molecule has 0 saturated carbocycles. The highest BCUT2D eigenvalue weighted by atomic mass is 35.5. The molecule has 4 heteroatoms. The molecule has 0 atom stereocenters. The molecule has 1 aromatic rings. The van der Waals surface area contributed by atoms with E-state index in [2.05, 4.69) is 17.6 Å². The lowest BCUT2D eigenvalue weighted by Gasteiger charge is -2.04. The van der Waals surface area contributed by atoms with E-state index in [0.29, 0.717) is 0 Å². The van der Waals surface area contributed by atoms with E-state index >= 15 is 0 Å². The number of aryl methyl sites for hydroxylation is 2. The van der Waals surface area contributed by atoms with Crippen LogP contribution in [-0.4, -0.2) is 11.8 Å². The molecule has 2 nitrogen and oxygen atoms in total. The number of hydrogen-bond acceptors (Lipinski definition) is 2. The van der Waals surface area contributed by atoms with Gasteiger partial charge in [-0.15, -0.1) is 22.9 Å². The van der Waals surface area contributed by atoms with Crippen molar-refractivity contribution in [3.63, 3.8) is 0 Å². The number of alkyl halides is 1. The molecular weight excluding hydrogens is 206 g/mol. The van der Waals surface area contributed by atoms with Gasteiger partial charge in [-0.2, -0.15) is 0 Å². The van der Waals surface area contributed by atoms with Crippen LogP contribution in [0, 0.1) is 6.92 Å². The third-order valence-electron chi connectivity index (χ3n) is 1.82. The number of thiophene rings is 1. The van der Waals surface area contributed by atoms with Crippen molar-refractivity contribution in [3.8, 4) is 0 Å². The smallest absolute Gasteiger partial charge is 0.239 e. The predicted octanol–water partition coefficient (Wildman–Crippen LogP) is 2.80. The number of nitrogens with one attached hydrogen (secondary N) is 1. The number of carbonyl (C=O) groups excluding carboxylic acids is 1. The van der Waals surface area contributed by atoms with Crippen LogP contribution < -0.4 is 5.32 Å². The first kappa shape index (κ1) is 10.5. The molecule has 0 bridgehead atoms. The van der Waals surface area contributed by atoms with Gasteiger partial charge in [0.2, 0.25) is 5.91 Å². The Morgan fingerprint density at radius 3 is 2.92 bits per heavy atom. The number of halogens is 1. The summed E-state index contributed by atoms with van der Waals surface area (Å²) in [6.45, 7) is 4.06. The van der Waals surface area contributed by atoms with Crippen molar-refractivity contribution in [1.29, 1.82) is 0 Å². The predicted molar refractivity (Wildman–Crippen MR) is 57.8 cm³/mol.